The van der Waals surface area contributed by atoms with Gasteiger partial charge in [-0.05, 0) is 55.6 Å². The normalized spacial score (nSPS) is 23.4. The van der Waals surface area contributed by atoms with E-state index in [1.165, 1.54) is 18.6 Å². The highest BCUT2D eigenvalue weighted by Crippen LogP contribution is 2.39. The maximum Gasteiger partial charge on any atom is 0.159 e. The Hall–Kier alpha value is -2.31. The minimum Gasteiger partial charge on any atom is -0.307 e. The van der Waals surface area contributed by atoms with Crippen LogP contribution in [0.2, 0.25) is 0 Å². The monoisotopic (exact) mass is 382 g/mol. The topological polar surface area (TPSA) is 23.8 Å². The fourth-order valence-electron chi connectivity index (χ4n) is 4.93. The van der Waals surface area contributed by atoms with E-state index in [1.807, 2.05) is 24.4 Å². The second-order valence-corrected chi connectivity index (χ2v) is 8.16. The van der Waals surface area contributed by atoms with E-state index in [2.05, 4.69) is 20.4 Å². The molecule has 1 aromatic carbocycles. The van der Waals surface area contributed by atoms with Gasteiger partial charge in [-0.25, -0.2) is 13.8 Å². The number of pyridine rings is 1. The summed E-state index contributed by atoms with van der Waals surface area (Å²) in [6.07, 6.45) is 7.57. The first-order valence-corrected chi connectivity index (χ1v) is 9.95. The predicted octanol–water partition coefficient (Wildman–Crippen LogP) is 3.85. The molecule has 0 amide bonds. The van der Waals surface area contributed by atoms with Crippen LogP contribution in [0.3, 0.4) is 0 Å². The summed E-state index contributed by atoms with van der Waals surface area (Å²) in [6.45, 7) is 4.59. The number of aromatic nitrogens is 2. The molecule has 28 heavy (non-hydrogen) atoms. The summed E-state index contributed by atoms with van der Waals surface area (Å²) in [5.41, 5.74) is 3.06. The van der Waals surface area contributed by atoms with E-state index < -0.39 is 11.6 Å². The van der Waals surface area contributed by atoms with Gasteiger partial charge in [-0.15, -0.1) is 0 Å². The molecule has 0 saturated carbocycles. The van der Waals surface area contributed by atoms with Crippen molar-refractivity contribution in [3.8, 4) is 0 Å². The maximum atomic E-state index is 13.6. The zero-order chi connectivity index (χ0) is 19.1. The van der Waals surface area contributed by atoms with Crippen molar-refractivity contribution in [2.24, 2.45) is 0 Å². The van der Waals surface area contributed by atoms with Crippen LogP contribution in [-0.4, -0.2) is 44.4 Å². The van der Waals surface area contributed by atoms with E-state index in [9.17, 15) is 8.78 Å². The van der Waals surface area contributed by atoms with Gasteiger partial charge in [0.2, 0.25) is 0 Å². The van der Waals surface area contributed by atoms with E-state index >= 15 is 0 Å². The molecule has 0 N–H and O–H groups in total. The summed E-state index contributed by atoms with van der Waals surface area (Å²) in [7, 11) is 0. The molecule has 3 aromatic rings. The van der Waals surface area contributed by atoms with E-state index in [4.69, 9.17) is 4.98 Å². The van der Waals surface area contributed by atoms with Crippen molar-refractivity contribution in [1.29, 1.82) is 0 Å². The first-order valence-electron chi connectivity index (χ1n) is 9.95. The lowest BCUT2D eigenvalue weighted by atomic mass is 9.94. The standard InChI is InChI=1S/C22H24F2N4/c23-19-6-5-17(12-20(19)24)13-28-10-3-7-22(28)8-11-26(16-22)14-18-15-27-9-2-1-4-21(27)25-18/h1-2,4-6,9,12,15H,3,7-8,10-11,13-14,16H2. The quantitative estimate of drug-likeness (QED) is 0.685. The molecule has 0 bridgehead atoms. The van der Waals surface area contributed by atoms with Gasteiger partial charge in [0.05, 0.1) is 5.69 Å². The van der Waals surface area contributed by atoms with Crippen LogP contribution in [-0.2, 0) is 13.1 Å². The first kappa shape index (κ1) is 17.8. The van der Waals surface area contributed by atoms with Crippen LogP contribution in [0.15, 0.2) is 48.8 Å². The lowest BCUT2D eigenvalue weighted by Gasteiger charge is -2.35. The van der Waals surface area contributed by atoms with E-state index in [0.717, 1.165) is 55.9 Å². The van der Waals surface area contributed by atoms with Gasteiger partial charge in [0.25, 0.3) is 0 Å². The second kappa shape index (κ2) is 6.94. The fourth-order valence-corrected chi connectivity index (χ4v) is 4.93. The smallest absolute Gasteiger partial charge is 0.159 e. The van der Waals surface area contributed by atoms with Crippen LogP contribution in [0.1, 0.15) is 30.5 Å². The van der Waals surface area contributed by atoms with Crippen molar-refractivity contribution < 1.29 is 8.78 Å². The van der Waals surface area contributed by atoms with Gasteiger partial charge in [-0.2, -0.15) is 0 Å². The molecule has 1 spiro atoms. The molecule has 6 heteroatoms. The summed E-state index contributed by atoms with van der Waals surface area (Å²) in [6, 6.07) is 10.3. The molecular weight excluding hydrogens is 358 g/mol. The maximum absolute atomic E-state index is 13.6. The van der Waals surface area contributed by atoms with Crippen molar-refractivity contribution in [3.63, 3.8) is 0 Å². The van der Waals surface area contributed by atoms with Gasteiger partial charge in [-0.3, -0.25) is 9.80 Å². The van der Waals surface area contributed by atoms with Crippen LogP contribution in [0.25, 0.3) is 5.65 Å². The van der Waals surface area contributed by atoms with Crippen LogP contribution >= 0.6 is 0 Å². The minimum atomic E-state index is -0.778. The number of halogens is 2. The molecule has 5 rings (SSSR count). The SMILES string of the molecule is Fc1ccc(CN2CCCC23CCN(Cc2cn4ccccc4n2)C3)cc1F. The Morgan fingerprint density at radius 3 is 2.79 bits per heavy atom. The summed E-state index contributed by atoms with van der Waals surface area (Å²) in [5.74, 6) is -1.54. The number of rotatable bonds is 4. The summed E-state index contributed by atoms with van der Waals surface area (Å²) in [5, 5.41) is 0. The third-order valence-corrected chi connectivity index (χ3v) is 6.31. The Bertz CT molecular complexity index is 968. The molecule has 2 saturated heterocycles. The van der Waals surface area contributed by atoms with Gasteiger partial charge in [-0.1, -0.05) is 12.1 Å². The molecule has 0 aliphatic carbocycles. The van der Waals surface area contributed by atoms with Gasteiger partial charge < -0.3 is 4.40 Å². The number of hydrogen-bond donors (Lipinski definition) is 0. The molecule has 0 radical (unpaired) electrons. The Morgan fingerprint density at radius 2 is 1.93 bits per heavy atom. The number of benzene rings is 1. The number of fused-ring (bicyclic) bond motifs is 1. The Kier molecular flexibility index (Phi) is 4.40. The van der Waals surface area contributed by atoms with Gasteiger partial charge in [0.1, 0.15) is 5.65 Å². The van der Waals surface area contributed by atoms with Crippen molar-refractivity contribution >= 4 is 5.65 Å². The highest BCUT2D eigenvalue weighted by atomic mass is 19.2. The van der Waals surface area contributed by atoms with E-state index in [0.29, 0.717) is 6.54 Å². The Balaban J connectivity index is 1.29. The van der Waals surface area contributed by atoms with Gasteiger partial charge in [0, 0.05) is 44.1 Å². The average molecular weight is 382 g/mol. The zero-order valence-electron chi connectivity index (χ0n) is 15.8. The Labute approximate surface area is 163 Å². The van der Waals surface area contributed by atoms with E-state index in [-0.39, 0.29) is 5.54 Å². The number of nitrogens with zero attached hydrogens (tertiary/aromatic N) is 4. The first-order chi connectivity index (χ1) is 13.6. The molecule has 1 unspecified atom stereocenters. The van der Waals surface area contributed by atoms with Crippen molar-refractivity contribution in [3.05, 3.63) is 71.7 Å². The highest BCUT2D eigenvalue weighted by Gasteiger charge is 2.45. The third-order valence-electron chi connectivity index (χ3n) is 6.31. The molecule has 4 heterocycles. The average Bonchev–Trinajstić information content (AvgIpc) is 3.38. The number of likely N-dealkylation sites (tertiary alicyclic amines) is 2. The predicted molar refractivity (Wildman–Crippen MR) is 104 cm³/mol. The largest absolute Gasteiger partial charge is 0.307 e. The molecule has 2 aliphatic rings. The molecule has 1 atom stereocenters. The molecular formula is C22H24F2N4. The Morgan fingerprint density at radius 1 is 1.00 bits per heavy atom. The summed E-state index contributed by atoms with van der Waals surface area (Å²) < 4.78 is 28.9. The van der Waals surface area contributed by atoms with Gasteiger partial charge in [0.15, 0.2) is 11.6 Å². The molecule has 4 nitrogen and oxygen atoms in total. The van der Waals surface area contributed by atoms with Gasteiger partial charge >= 0.3 is 0 Å². The van der Waals surface area contributed by atoms with Crippen LogP contribution in [0, 0.1) is 11.6 Å². The van der Waals surface area contributed by atoms with Crippen molar-refractivity contribution in [2.45, 2.75) is 37.9 Å². The lowest BCUT2D eigenvalue weighted by molar-refractivity contribution is 0.130. The van der Waals surface area contributed by atoms with Crippen LogP contribution in [0.4, 0.5) is 8.78 Å². The third kappa shape index (κ3) is 3.20. The van der Waals surface area contributed by atoms with Crippen LogP contribution < -0.4 is 0 Å². The molecule has 2 aromatic heterocycles. The summed E-state index contributed by atoms with van der Waals surface area (Å²) in [4.78, 5) is 9.68. The van der Waals surface area contributed by atoms with E-state index in [1.54, 1.807) is 6.07 Å². The fraction of sp³-hybridized carbons (Fsp3) is 0.409. The molecule has 2 fully saturated rings. The highest BCUT2D eigenvalue weighted by molar-refractivity contribution is 5.39. The van der Waals surface area contributed by atoms with Crippen molar-refractivity contribution in [2.75, 3.05) is 19.6 Å². The lowest BCUT2D eigenvalue weighted by Crippen LogP contribution is -2.45. The second-order valence-electron chi connectivity index (χ2n) is 8.16. The summed E-state index contributed by atoms with van der Waals surface area (Å²) >= 11 is 0. The minimum absolute atomic E-state index is 0.143. The molecule has 2 aliphatic heterocycles. The molecule has 146 valence electrons. The number of hydrogen-bond acceptors (Lipinski definition) is 3. The zero-order valence-corrected chi connectivity index (χ0v) is 15.8. The van der Waals surface area contributed by atoms with Crippen molar-refractivity contribution in [1.82, 2.24) is 19.2 Å². The number of imidazole rings is 1. The van der Waals surface area contributed by atoms with Crippen LogP contribution in [0.5, 0.6) is 0 Å².